The largest absolute Gasteiger partial charge is 0.340 e. The molecule has 3 aromatic heterocycles. The fraction of sp³-hybridized carbons (Fsp3) is 0.400. The van der Waals surface area contributed by atoms with E-state index in [1.165, 1.54) is 10.9 Å². The molecule has 0 aliphatic heterocycles. The third kappa shape index (κ3) is 2.95. The van der Waals surface area contributed by atoms with E-state index in [0.29, 0.717) is 18.3 Å². The SMILES string of the molecule is CCCNCc1cn(Cc2noc(C)n2)c2ncccc12. The Morgan fingerprint density at radius 3 is 3.05 bits per heavy atom. The summed E-state index contributed by atoms with van der Waals surface area (Å²) in [5.41, 5.74) is 2.19. The van der Waals surface area contributed by atoms with Gasteiger partial charge in [0.1, 0.15) is 5.65 Å². The van der Waals surface area contributed by atoms with Gasteiger partial charge in [-0.2, -0.15) is 4.98 Å². The lowest BCUT2D eigenvalue weighted by molar-refractivity contribution is 0.386. The van der Waals surface area contributed by atoms with E-state index in [9.17, 15) is 0 Å². The van der Waals surface area contributed by atoms with Crippen molar-refractivity contribution < 1.29 is 4.52 Å². The molecule has 0 fully saturated rings. The molecule has 3 aromatic rings. The van der Waals surface area contributed by atoms with E-state index in [1.54, 1.807) is 6.92 Å². The standard InChI is InChI=1S/C15H19N5O/c1-3-6-16-8-12-9-20(10-14-18-11(2)21-19-14)15-13(12)5-4-7-17-15/h4-5,7,9,16H,3,6,8,10H2,1-2H3. The Hall–Kier alpha value is -2.21. The van der Waals surface area contributed by atoms with Gasteiger partial charge < -0.3 is 14.4 Å². The minimum atomic E-state index is 0.568. The van der Waals surface area contributed by atoms with Gasteiger partial charge in [-0.05, 0) is 30.7 Å². The Morgan fingerprint density at radius 2 is 2.29 bits per heavy atom. The minimum Gasteiger partial charge on any atom is -0.340 e. The number of hydrogen-bond acceptors (Lipinski definition) is 5. The predicted octanol–water partition coefficient (Wildman–Crippen LogP) is 2.28. The first-order chi connectivity index (χ1) is 10.3. The summed E-state index contributed by atoms with van der Waals surface area (Å²) in [6, 6.07) is 4.07. The first kappa shape index (κ1) is 13.8. The average Bonchev–Trinajstić information content (AvgIpc) is 3.05. The molecule has 0 saturated carbocycles. The van der Waals surface area contributed by atoms with Gasteiger partial charge in [0.2, 0.25) is 5.89 Å². The lowest BCUT2D eigenvalue weighted by Crippen LogP contribution is -2.13. The fourth-order valence-corrected chi connectivity index (χ4v) is 2.41. The van der Waals surface area contributed by atoms with E-state index in [4.69, 9.17) is 4.52 Å². The Labute approximate surface area is 123 Å². The van der Waals surface area contributed by atoms with Crippen LogP contribution in [-0.2, 0) is 13.1 Å². The summed E-state index contributed by atoms with van der Waals surface area (Å²) >= 11 is 0. The minimum absolute atomic E-state index is 0.568. The average molecular weight is 285 g/mol. The van der Waals surface area contributed by atoms with Crippen molar-refractivity contribution in [3.05, 3.63) is 41.8 Å². The van der Waals surface area contributed by atoms with Crippen LogP contribution in [0.3, 0.4) is 0 Å². The molecule has 0 bridgehead atoms. The maximum Gasteiger partial charge on any atom is 0.223 e. The Balaban J connectivity index is 1.90. The molecule has 0 atom stereocenters. The summed E-state index contributed by atoms with van der Waals surface area (Å²) in [6.07, 6.45) is 5.05. The van der Waals surface area contributed by atoms with Crippen molar-refractivity contribution in [2.24, 2.45) is 0 Å². The smallest absolute Gasteiger partial charge is 0.223 e. The zero-order valence-corrected chi connectivity index (χ0v) is 12.3. The van der Waals surface area contributed by atoms with Crippen LogP contribution in [0.15, 0.2) is 29.0 Å². The highest BCUT2D eigenvalue weighted by Crippen LogP contribution is 2.20. The third-order valence-corrected chi connectivity index (χ3v) is 3.34. The highest BCUT2D eigenvalue weighted by molar-refractivity contribution is 5.80. The van der Waals surface area contributed by atoms with Gasteiger partial charge in [-0.1, -0.05) is 12.1 Å². The number of aryl methyl sites for hydroxylation is 1. The molecule has 0 unspecified atom stereocenters. The van der Waals surface area contributed by atoms with Crippen molar-refractivity contribution in [1.82, 2.24) is 25.0 Å². The molecule has 110 valence electrons. The molecule has 0 aromatic carbocycles. The van der Waals surface area contributed by atoms with Crippen molar-refractivity contribution in [2.75, 3.05) is 6.54 Å². The van der Waals surface area contributed by atoms with E-state index in [2.05, 4.69) is 44.2 Å². The van der Waals surface area contributed by atoms with Crippen molar-refractivity contribution in [3.63, 3.8) is 0 Å². The van der Waals surface area contributed by atoms with Crippen LogP contribution in [0.4, 0.5) is 0 Å². The molecule has 0 aliphatic carbocycles. The number of hydrogen-bond donors (Lipinski definition) is 1. The lowest BCUT2D eigenvalue weighted by Gasteiger charge is -2.00. The molecule has 3 heterocycles. The van der Waals surface area contributed by atoms with Gasteiger partial charge in [-0.25, -0.2) is 4.98 Å². The zero-order valence-electron chi connectivity index (χ0n) is 12.3. The first-order valence-electron chi connectivity index (χ1n) is 7.20. The Morgan fingerprint density at radius 1 is 1.38 bits per heavy atom. The molecule has 0 radical (unpaired) electrons. The summed E-state index contributed by atoms with van der Waals surface area (Å²) in [4.78, 5) is 8.74. The lowest BCUT2D eigenvalue weighted by atomic mass is 10.2. The molecular weight excluding hydrogens is 266 g/mol. The molecule has 6 nitrogen and oxygen atoms in total. The molecule has 0 saturated heterocycles. The van der Waals surface area contributed by atoms with Crippen molar-refractivity contribution in [2.45, 2.75) is 33.4 Å². The van der Waals surface area contributed by atoms with Crippen molar-refractivity contribution in [3.8, 4) is 0 Å². The topological polar surface area (TPSA) is 68.8 Å². The van der Waals surface area contributed by atoms with Gasteiger partial charge in [0, 0.05) is 31.2 Å². The summed E-state index contributed by atoms with van der Waals surface area (Å²) in [5, 5.41) is 8.55. The summed E-state index contributed by atoms with van der Waals surface area (Å²) in [7, 11) is 0. The van der Waals surface area contributed by atoms with Crippen LogP contribution in [0.25, 0.3) is 11.0 Å². The molecule has 6 heteroatoms. The quantitative estimate of drug-likeness (QED) is 0.704. The van der Waals surface area contributed by atoms with Gasteiger partial charge in [0.25, 0.3) is 0 Å². The van der Waals surface area contributed by atoms with Crippen LogP contribution in [0.2, 0.25) is 0 Å². The molecule has 0 amide bonds. The maximum absolute atomic E-state index is 5.03. The summed E-state index contributed by atoms with van der Waals surface area (Å²) in [5.74, 6) is 1.25. The normalized spacial score (nSPS) is 11.3. The first-order valence-corrected chi connectivity index (χ1v) is 7.20. The zero-order chi connectivity index (χ0) is 14.7. The highest BCUT2D eigenvalue weighted by atomic mass is 16.5. The van der Waals surface area contributed by atoms with Crippen LogP contribution >= 0.6 is 0 Å². The van der Waals surface area contributed by atoms with Gasteiger partial charge in [-0.3, -0.25) is 0 Å². The van der Waals surface area contributed by atoms with Crippen LogP contribution in [0, 0.1) is 6.92 Å². The number of rotatable bonds is 6. The predicted molar refractivity (Wildman–Crippen MR) is 79.9 cm³/mol. The van der Waals surface area contributed by atoms with E-state index in [-0.39, 0.29) is 0 Å². The van der Waals surface area contributed by atoms with E-state index < -0.39 is 0 Å². The third-order valence-electron chi connectivity index (χ3n) is 3.34. The second kappa shape index (κ2) is 6.05. The molecule has 1 N–H and O–H groups in total. The van der Waals surface area contributed by atoms with Crippen LogP contribution in [-0.4, -0.2) is 26.2 Å². The van der Waals surface area contributed by atoms with Gasteiger partial charge in [0.15, 0.2) is 5.82 Å². The van der Waals surface area contributed by atoms with Gasteiger partial charge >= 0.3 is 0 Å². The highest BCUT2D eigenvalue weighted by Gasteiger charge is 2.11. The summed E-state index contributed by atoms with van der Waals surface area (Å²) < 4.78 is 7.10. The second-order valence-corrected chi connectivity index (χ2v) is 5.06. The van der Waals surface area contributed by atoms with E-state index >= 15 is 0 Å². The second-order valence-electron chi connectivity index (χ2n) is 5.06. The Kier molecular flexibility index (Phi) is 3.96. The fourth-order valence-electron chi connectivity index (χ4n) is 2.41. The Bertz CT molecular complexity index is 731. The van der Waals surface area contributed by atoms with Crippen LogP contribution in [0.1, 0.15) is 30.6 Å². The van der Waals surface area contributed by atoms with E-state index in [1.807, 2.05) is 12.3 Å². The molecule has 3 rings (SSSR count). The monoisotopic (exact) mass is 285 g/mol. The molecule has 0 aliphatic rings. The number of nitrogens with zero attached hydrogens (tertiary/aromatic N) is 4. The summed E-state index contributed by atoms with van der Waals surface area (Å²) in [6.45, 7) is 6.38. The van der Waals surface area contributed by atoms with Crippen LogP contribution < -0.4 is 5.32 Å². The number of nitrogens with one attached hydrogen (secondary N) is 1. The van der Waals surface area contributed by atoms with Crippen LogP contribution in [0.5, 0.6) is 0 Å². The molecule has 0 spiro atoms. The number of aromatic nitrogens is 4. The molecule has 21 heavy (non-hydrogen) atoms. The van der Waals surface area contributed by atoms with Gasteiger partial charge in [0.05, 0.1) is 6.54 Å². The number of fused-ring (bicyclic) bond motifs is 1. The number of pyridine rings is 1. The van der Waals surface area contributed by atoms with Crippen molar-refractivity contribution in [1.29, 1.82) is 0 Å². The maximum atomic E-state index is 5.03. The van der Waals surface area contributed by atoms with Gasteiger partial charge in [-0.15, -0.1) is 0 Å². The van der Waals surface area contributed by atoms with Crippen molar-refractivity contribution >= 4 is 11.0 Å². The molecular formula is C15H19N5O. The van der Waals surface area contributed by atoms with E-state index in [0.717, 1.165) is 25.2 Å².